The Bertz CT molecular complexity index is 1600. The van der Waals surface area contributed by atoms with Crippen molar-refractivity contribution in [1.82, 2.24) is 30.1 Å². The topological polar surface area (TPSA) is 79.7 Å². The Morgan fingerprint density at radius 3 is 2.62 bits per heavy atom. The molecule has 1 aliphatic rings. The van der Waals surface area contributed by atoms with Crippen LogP contribution in [0.2, 0.25) is 0 Å². The van der Waals surface area contributed by atoms with Crippen molar-refractivity contribution in [3.8, 4) is 0 Å². The van der Waals surface area contributed by atoms with Crippen LogP contribution in [0.15, 0.2) is 70.8 Å². The average Bonchev–Trinajstić information content (AvgIpc) is 3.73. The highest BCUT2D eigenvalue weighted by Gasteiger charge is 2.33. The molecule has 1 fully saturated rings. The Labute approximate surface area is 232 Å². The minimum absolute atomic E-state index is 0.0902. The molecule has 2 aromatic carbocycles. The van der Waals surface area contributed by atoms with Crippen molar-refractivity contribution in [3.63, 3.8) is 0 Å². The van der Waals surface area contributed by atoms with Crippen LogP contribution in [0.1, 0.15) is 70.7 Å². The van der Waals surface area contributed by atoms with E-state index in [1.807, 2.05) is 10.7 Å². The largest absolute Gasteiger partial charge is 0.322 e. The summed E-state index contributed by atoms with van der Waals surface area (Å²) in [6.07, 6.45) is 5.34. The molecule has 8 heteroatoms. The molecular weight excluding hydrogens is 504 g/mol. The summed E-state index contributed by atoms with van der Waals surface area (Å²) >= 11 is 1.74. The van der Waals surface area contributed by atoms with E-state index in [2.05, 4.69) is 99.2 Å². The number of tetrazole rings is 1. The van der Waals surface area contributed by atoms with Gasteiger partial charge in [-0.1, -0.05) is 49.2 Å². The molecule has 0 amide bonds. The van der Waals surface area contributed by atoms with Gasteiger partial charge in [-0.05, 0) is 95.3 Å². The Kier molecular flexibility index (Phi) is 7.39. The smallest absolute Gasteiger partial charge is 0.253 e. The molecule has 3 heterocycles. The number of thiophene rings is 1. The maximum absolute atomic E-state index is 13.8. The number of H-pyrrole nitrogens is 1. The standard InChI is InChI=1S/C31H34N6OS/c1-21-17-24-19-27(31(38)32-28(24)18-22(21)2)29(30-33-34-35-37(30)25-11-6-7-12-25)36(20-26-13-8-16-39-26)15-14-23-9-4-3-5-10-23/h3-5,8-10,13,16-19,25,29H,6-7,11-12,14-15,20H2,1-2H3,(H,32,38)/t29-/m0/s1. The van der Waals surface area contributed by atoms with Gasteiger partial charge >= 0.3 is 0 Å². The summed E-state index contributed by atoms with van der Waals surface area (Å²) in [6, 6.07) is 20.9. The van der Waals surface area contributed by atoms with Gasteiger partial charge in [0.25, 0.3) is 5.56 Å². The number of aryl methyl sites for hydroxylation is 2. The lowest BCUT2D eigenvalue weighted by atomic mass is 10.00. The second-order valence-corrected chi connectivity index (χ2v) is 11.7. The second-order valence-electron chi connectivity index (χ2n) is 10.7. The molecular formula is C31H34N6OS. The summed E-state index contributed by atoms with van der Waals surface area (Å²) in [4.78, 5) is 20.6. The van der Waals surface area contributed by atoms with Crippen molar-refractivity contribution in [2.45, 2.75) is 64.6 Å². The van der Waals surface area contributed by atoms with Crippen LogP contribution in [0.4, 0.5) is 0 Å². The van der Waals surface area contributed by atoms with Crippen LogP contribution in [-0.2, 0) is 13.0 Å². The van der Waals surface area contributed by atoms with Gasteiger partial charge in [0.05, 0.1) is 6.04 Å². The molecule has 1 N–H and O–H groups in total. The molecule has 0 aliphatic heterocycles. The highest BCUT2D eigenvalue weighted by Crippen LogP contribution is 2.35. The van der Waals surface area contributed by atoms with E-state index in [0.717, 1.165) is 48.1 Å². The average molecular weight is 539 g/mol. The second kappa shape index (κ2) is 11.2. The molecule has 6 rings (SSSR count). The van der Waals surface area contributed by atoms with Crippen LogP contribution in [-0.4, -0.2) is 36.6 Å². The zero-order chi connectivity index (χ0) is 26.8. The fourth-order valence-corrected chi connectivity index (χ4v) is 6.53. The fraction of sp³-hybridized carbons (Fsp3) is 0.355. The number of aromatic amines is 1. The molecule has 0 bridgehead atoms. The Hall–Kier alpha value is -3.62. The number of rotatable bonds is 9. The predicted octanol–water partition coefficient (Wildman–Crippen LogP) is 6.14. The Balaban J connectivity index is 1.50. The molecule has 0 unspecified atom stereocenters. The van der Waals surface area contributed by atoms with E-state index in [0.29, 0.717) is 12.1 Å². The maximum atomic E-state index is 13.8. The van der Waals surface area contributed by atoms with Gasteiger partial charge in [0.1, 0.15) is 6.04 Å². The molecule has 1 aliphatic carbocycles. The third-order valence-corrected chi connectivity index (χ3v) is 8.91. The van der Waals surface area contributed by atoms with E-state index in [-0.39, 0.29) is 17.6 Å². The van der Waals surface area contributed by atoms with Crippen molar-refractivity contribution in [1.29, 1.82) is 0 Å². The van der Waals surface area contributed by atoms with E-state index >= 15 is 0 Å². The minimum Gasteiger partial charge on any atom is -0.322 e. The quantitative estimate of drug-likeness (QED) is 0.244. The van der Waals surface area contributed by atoms with Crippen LogP contribution in [0.5, 0.6) is 0 Å². The number of fused-ring (bicyclic) bond motifs is 1. The number of aromatic nitrogens is 5. The van der Waals surface area contributed by atoms with E-state index in [1.54, 1.807) is 11.3 Å². The number of pyridine rings is 1. The SMILES string of the molecule is Cc1cc2cc([C@@H](c3nnnn3C3CCCC3)N(CCc3ccccc3)Cc3cccs3)c(=O)[nH]c2cc1C. The van der Waals surface area contributed by atoms with Gasteiger partial charge in [0.15, 0.2) is 5.82 Å². The van der Waals surface area contributed by atoms with Gasteiger partial charge in [0.2, 0.25) is 0 Å². The van der Waals surface area contributed by atoms with Crippen molar-refractivity contribution >= 4 is 22.2 Å². The lowest BCUT2D eigenvalue weighted by Crippen LogP contribution is -2.36. The first kappa shape index (κ1) is 25.6. The fourth-order valence-electron chi connectivity index (χ4n) is 5.80. The monoisotopic (exact) mass is 538 g/mol. The zero-order valence-electron chi connectivity index (χ0n) is 22.5. The van der Waals surface area contributed by atoms with E-state index in [9.17, 15) is 4.79 Å². The first-order valence-corrected chi connectivity index (χ1v) is 14.7. The van der Waals surface area contributed by atoms with Crippen LogP contribution >= 0.6 is 11.3 Å². The summed E-state index contributed by atoms with van der Waals surface area (Å²) < 4.78 is 2.01. The molecule has 0 saturated heterocycles. The molecule has 5 aromatic rings. The van der Waals surface area contributed by atoms with Crippen LogP contribution < -0.4 is 5.56 Å². The summed E-state index contributed by atoms with van der Waals surface area (Å²) in [6.45, 7) is 5.65. The predicted molar refractivity (Wildman–Crippen MR) is 156 cm³/mol. The number of nitrogens with one attached hydrogen (secondary N) is 1. The molecule has 0 radical (unpaired) electrons. The van der Waals surface area contributed by atoms with E-state index in [4.69, 9.17) is 0 Å². The van der Waals surface area contributed by atoms with Crippen LogP contribution in [0, 0.1) is 13.8 Å². The summed E-state index contributed by atoms with van der Waals surface area (Å²) in [7, 11) is 0. The summed E-state index contributed by atoms with van der Waals surface area (Å²) in [5.74, 6) is 0.750. The lowest BCUT2D eigenvalue weighted by Gasteiger charge is -2.31. The van der Waals surface area contributed by atoms with Crippen LogP contribution in [0.3, 0.4) is 0 Å². The third-order valence-electron chi connectivity index (χ3n) is 8.05. The molecule has 1 saturated carbocycles. The van der Waals surface area contributed by atoms with Crippen LogP contribution in [0.25, 0.3) is 10.9 Å². The van der Waals surface area contributed by atoms with Gasteiger partial charge in [-0.25, -0.2) is 4.68 Å². The van der Waals surface area contributed by atoms with Crippen molar-refractivity contribution < 1.29 is 0 Å². The minimum atomic E-state index is -0.388. The molecule has 39 heavy (non-hydrogen) atoms. The van der Waals surface area contributed by atoms with Crippen molar-refractivity contribution in [2.24, 2.45) is 0 Å². The number of hydrogen-bond acceptors (Lipinski definition) is 6. The first-order chi connectivity index (χ1) is 19.1. The van der Waals surface area contributed by atoms with Gasteiger partial charge in [-0.2, -0.15) is 0 Å². The molecule has 1 atom stereocenters. The highest BCUT2D eigenvalue weighted by molar-refractivity contribution is 7.09. The summed E-state index contributed by atoms with van der Waals surface area (Å²) in [5.41, 5.74) is 5.08. The highest BCUT2D eigenvalue weighted by atomic mass is 32.1. The van der Waals surface area contributed by atoms with E-state index in [1.165, 1.54) is 28.8 Å². The number of hydrogen-bond donors (Lipinski definition) is 1. The van der Waals surface area contributed by atoms with E-state index < -0.39 is 0 Å². The molecule has 200 valence electrons. The van der Waals surface area contributed by atoms with Crippen molar-refractivity contribution in [2.75, 3.05) is 6.54 Å². The van der Waals surface area contributed by atoms with Crippen molar-refractivity contribution in [3.05, 3.63) is 109 Å². The molecule has 3 aromatic heterocycles. The Morgan fingerprint density at radius 1 is 1.05 bits per heavy atom. The zero-order valence-corrected chi connectivity index (χ0v) is 23.3. The van der Waals surface area contributed by atoms with Gasteiger partial charge in [-0.3, -0.25) is 9.69 Å². The summed E-state index contributed by atoms with van der Waals surface area (Å²) in [5, 5.41) is 16.4. The molecule has 0 spiro atoms. The Morgan fingerprint density at radius 2 is 1.85 bits per heavy atom. The van der Waals surface area contributed by atoms with Gasteiger partial charge in [0, 0.05) is 29.0 Å². The van der Waals surface area contributed by atoms with Gasteiger partial charge < -0.3 is 4.98 Å². The third kappa shape index (κ3) is 5.44. The first-order valence-electron chi connectivity index (χ1n) is 13.8. The molecule has 7 nitrogen and oxygen atoms in total. The van der Waals surface area contributed by atoms with Gasteiger partial charge in [-0.15, -0.1) is 16.4 Å². The maximum Gasteiger partial charge on any atom is 0.253 e. The normalized spacial score (nSPS) is 14.9. The number of benzene rings is 2. The number of nitrogens with zero attached hydrogens (tertiary/aromatic N) is 5. The lowest BCUT2D eigenvalue weighted by molar-refractivity contribution is 0.203.